The monoisotopic (exact) mass is 1390 g/mol. The summed E-state index contributed by atoms with van der Waals surface area (Å²) >= 11 is 0. The van der Waals surface area contributed by atoms with E-state index in [9.17, 15) is 43.2 Å². The zero-order chi connectivity index (χ0) is 70.4. The number of unbranched alkanes of at least 4 members (excludes halogenated alkanes) is 31. The predicted molar refractivity (Wildman–Crippen MR) is 390 cm³/mol. The molecule has 0 aliphatic carbocycles. The van der Waals surface area contributed by atoms with Gasteiger partial charge in [-0.25, -0.2) is 9.13 Å². The Morgan fingerprint density at radius 2 is 0.552 bits per heavy atom. The smallest absolute Gasteiger partial charge is 0.462 e. The van der Waals surface area contributed by atoms with Gasteiger partial charge in [0.15, 0.2) is 12.2 Å². The number of phosphoric ester groups is 2. The zero-order valence-corrected chi connectivity index (χ0v) is 62.3. The molecule has 19 heteroatoms. The van der Waals surface area contributed by atoms with Gasteiger partial charge in [-0.05, 0) is 116 Å². The number of allylic oxidation sites excluding steroid dienone is 14. The second-order valence-corrected chi connectivity index (χ2v) is 28.1. The first-order chi connectivity index (χ1) is 46.7. The van der Waals surface area contributed by atoms with Crippen molar-refractivity contribution in [2.45, 2.75) is 341 Å². The summed E-state index contributed by atoms with van der Waals surface area (Å²) in [6.07, 6.45) is 70.2. The molecule has 0 amide bonds. The normalized spacial score (nSPS) is 14.4. The Morgan fingerprint density at radius 3 is 0.896 bits per heavy atom. The lowest BCUT2D eigenvalue weighted by Crippen LogP contribution is -2.30. The molecule has 0 aromatic rings. The minimum atomic E-state index is -4.98. The molecule has 0 rings (SSSR count). The quantitative estimate of drug-likeness (QED) is 0.0169. The van der Waals surface area contributed by atoms with Crippen LogP contribution in [0.25, 0.3) is 0 Å². The van der Waals surface area contributed by atoms with Crippen LogP contribution in [-0.4, -0.2) is 96.7 Å². The predicted octanol–water partition coefficient (Wildman–Crippen LogP) is 21.4. The highest BCUT2D eigenvalue weighted by atomic mass is 31.2. The van der Waals surface area contributed by atoms with Crippen LogP contribution in [0.5, 0.6) is 0 Å². The summed E-state index contributed by atoms with van der Waals surface area (Å²) in [6.45, 7) is 4.67. The van der Waals surface area contributed by atoms with E-state index in [4.69, 9.17) is 37.0 Å². The summed E-state index contributed by atoms with van der Waals surface area (Å²) in [5, 5.41) is 10.6. The maximum absolute atomic E-state index is 13.1. The van der Waals surface area contributed by atoms with Gasteiger partial charge in [-0.3, -0.25) is 37.3 Å². The molecule has 5 atom stereocenters. The number of hydrogen-bond donors (Lipinski definition) is 3. The van der Waals surface area contributed by atoms with Gasteiger partial charge >= 0.3 is 39.5 Å². The van der Waals surface area contributed by atoms with Crippen LogP contribution in [0.2, 0.25) is 0 Å². The first kappa shape index (κ1) is 92.2. The van der Waals surface area contributed by atoms with Crippen LogP contribution in [0.1, 0.15) is 323 Å². The van der Waals surface area contributed by atoms with Gasteiger partial charge < -0.3 is 33.8 Å². The van der Waals surface area contributed by atoms with Crippen molar-refractivity contribution in [1.82, 2.24) is 0 Å². The first-order valence-electron chi connectivity index (χ1n) is 37.8. The Balaban J connectivity index is 5.36. The van der Waals surface area contributed by atoms with Crippen molar-refractivity contribution in [3.8, 4) is 0 Å². The Bertz CT molecular complexity index is 2160. The number of ether oxygens (including phenoxy) is 4. The molecule has 0 heterocycles. The van der Waals surface area contributed by atoms with E-state index in [1.165, 1.54) is 103 Å². The van der Waals surface area contributed by atoms with Crippen LogP contribution in [0, 0.1) is 0 Å². The van der Waals surface area contributed by atoms with Gasteiger partial charge in [-0.15, -0.1) is 0 Å². The number of aliphatic hydroxyl groups is 1. The third-order valence-electron chi connectivity index (χ3n) is 15.8. The molecule has 0 aromatic carbocycles. The molecule has 0 fully saturated rings. The number of carbonyl (C=O) groups excluding carboxylic acids is 4. The SMILES string of the molecule is CC/C=C\C/C=C\C/C=C\C/C=C\C/C=C\CCCC(=O)OCC(COP(=O)(O)OCC(O)COP(=O)(O)OCC(COC(=O)CCCCCCC/C=C\CCCCCCCC)OC(=O)CCCCCCCCCCCCC)OC(=O)CCCCCCC/C=C\CCCCCC. The summed E-state index contributed by atoms with van der Waals surface area (Å²) in [5.74, 6) is -2.24. The van der Waals surface area contributed by atoms with Crippen LogP contribution in [0.3, 0.4) is 0 Å². The first-order valence-corrected chi connectivity index (χ1v) is 40.8. The molecule has 0 aliphatic heterocycles. The number of aliphatic hydroxyl groups excluding tert-OH is 1. The molecule has 96 heavy (non-hydrogen) atoms. The van der Waals surface area contributed by atoms with Crippen LogP contribution in [-0.2, 0) is 65.4 Å². The highest BCUT2D eigenvalue weighted by Gasteiger charge is 2.30. The third kappa shape index (κ3) is 68.8. The van der Waals surface area contributed by atoms with E-state index in [1.807, 2.05) is 12.2 Å². The topological polar surface area (TPSA) is 237 Å². The fourth-order valence-electron chi connectivity index (χ4n) is 10.1. The summed E-state index contributed by atoms with van der Waals surface area (Å²) in [4.78, 5) is 72.7. The van der Waals surface area contributed by atoms with Crippen molar-refractivity contribution >= 4 is 39.5 Å². The fourth-order valence-corrected chi connectivity index (χ4v) is 11.6. The van der Waals surface area contributed by atoms with Gasteiger partial charge in [0.25, 0.3) is 0 Å². The maximum Gasteiger partial charge on any atom is 0.472 e. The molecule has 5 unspecified atom stereocenters. The Morgan fingerprint density at radius 1 is 0.302 bits per heavy atom. The molecule has 0 bridgehead atoms. The van der Waals surface area contributed by atoms with E-state index >= 15 is 0 Å². The highest BCUT2D eigenvalue weighted by Crippen LogP contribution is 2.45. The molecule has 556 valence electrons. The van der Waals surface area contributed by atoms with Crippen LogP contribution >= 0.6 is 15.6 Å². The molecular formula is C77H136O17P2. The van der Waals surface area contributed by atoms with Gasteiger partial charge in [0.05, 0.1) is 26.4 Å². The minimum absolute atomic E-state index is 0.0737. The van der Waals surface area contributed by atoms with Crippen LogP contribution < -0.4 is 0 Å². The number of phosphoric acid groups is 2. The van der Waals surface area contributed by atoms with Gasteiger partial charge in [-0.2, -0.15) is 0 Å². The van der Waals surface area contributed by atoms with E-state index in [0.717, 1.165) is 135 Å². The molecule has 0 aliphatic rings. The number of hydrogen-bond acceptors (Lipinski definition) is 15. The molecule has 0 saturated carbocycles. The van der Waals surface area contributed by atoms with Gasteiger partial charge in [0, 0.05) is 25.7 Å². The van der Waals surface area contributed by atoms with Crippen molar-refractivity contribution in [3.63, 3.8) is 0 Å². The molecule has 0 radical (unpaired) electrons. The zero-order valence-electron chi connectivity index (χ0n) is 60.5. The van der Waals surface area contributed by atoms with E-state index in [-0.39, 0.29) is 25.7 Å². The van der Waals surface area contributed by atoms with E-state index in [0.29, 0.717) is 32.1 Å². The standard InChI is InChI=1S/C77H136O17P2/c1-5-9-13-17-21-25-29-32-34-35-37-40-43-46-50-54-58-62-75(80)88-68-73(94-77(82)64-60-56-52-48-44-38-31-27-23-19-15-11-7-3)70-92-96(85,86)90-66-71(78)65-89-95(83,84)91-69-72(93-76(81)63-59-55-51-47-41-28-24-20-16-12-8-4)67-87-74(79)61-57-53-49-45-42-39-36-33-30-26-22-18-14-10-6-2/h9,13,21,25,27,31-34,36-37,40,46,50,71-73,78H,5-8,10-12,14-20,22-24,26,28-30,35,38-39,41-45,47-49,51-70H2,1-4H3,(H,83,84)(H,85,86)/b13-9-,25-21-,31-27-,34-32-,36-33-,40-37-,50-46-. The van der Waals surface area contributed by atoms with E-state index < -0.39 is 97.5 Å². The molecule has 3 N–H and O–H groups in total. The van der Waals surface area contributed by atoms with Crippen molar-refractivity contribution in [2.75, 3.05) is 39.6 Å². The van der Waals surface area contributed by atoms with E-state index in [2.05, 4.69) is 101 Å². The summed E-state index contributed by atoms with van der Waals surface area (Å²) in [5.41, 5.74) is 0. The van der Waals surface area contributed by atoms with E-state index in [1.54, 1.807) is 0 Å². The molecule has 0 aromatic heterocycles. The number of esters is 4. The van der Waals surface area contributed by atoms with Gasteiger partial charge in [-0.1, -0.05) is 267 Å². The van der Waals surface area contributed by atoms with Crippen molar-refractivity contribution in [2.24, 2.45) is 0 Å². The lowest BCUT2D eigenvalue weighted by molar-refractivity contribution is -0.161. The van der Waals surface area contributed by atoms with Crippen LogP contribution in [0.4, 0.5) is 0 Å². The Hall–Kier alpha value is -3.76. The number of carbonyl (C=O) groups is 4. The summed E-state index contributed by atoms with van der Waals surface area (Å²) < 4.78 is 68.3. The summed E-state index contributed by atoms with van der Waals surface area (Å²) in [7, 11) is -9.95. The average Bonchev–Trinajstić information content (AvgIpc) is 1.17. The molecule has 0 saturated heterocycles. The van der Waals surface area contributed by atoms with Crippen LogP contribution in [0.15, 0.2) is 85.1 Å². The summed E-state index contributed by atoms with van der Waals surface area (Å²) in [6, 6.07) is 0. The number of rotatable bonds is 71. The van der Waals surface area contributed by atoms with Crippen molar-refractivity contribution in [3.05, 3.63) is 85.1 Å². The van der Waals surface area contributed by atoms with Gasteiger partial charge in [0.1, 0.15) is 19.3 Å². The largest absolute Gasteiger partial charge is 0.472 e. The third-order valence-corrected chi connectivity index (χ3v) is 17.7. The molecule has 17 nitrogen and oxygen atoms in total. The second-order valence-electron chi connectivity index (χ2n) is 25.2. The highest BCUT2D eigenvalue weighted by molar-refractivity contribution is 7.47. The fraction of sp³-hybridized carbons (Fsp3) is 0.766. The molecule has 0 spiro atoms. The Labute approximate surface area is 583 Å². The second kappa shape index (κ2) is 69.7. The van der Waals surface area contributed by atoms with Gasteiger partial charge in [0.2, 0.25) is 0 Å². The Kier molecular flexibility index (Phi) is 67.0. The maximum atomic E-state index is 13.1. The lowest BCUT2D eigenvalue weighted by atomic mass is 10.1. The van der Waals surface area contributed by atoms with Crippen molar-refractivity contribution in [1.29, 1.82) is 0 Å². The minimum Gasteiger partial charge on any atom is -0.462 e. The average molecular weight is 1400 g/mol. The molecular weight excluding hydrogens is 1260 g/mol. The lowest BCUT2D eigenvalue weighted by Gasteiger charge is -2.21. The van der Waals surface area contributed by atoms with Crippen molar-refractivity contribution < 1.29 is 80.2 Å².